The molecule has 1 N–H and O–H groups in total. The maximum Gasteiger partial charge on any atom is 0.100 e. The van der Waals surface area contributed by atoms with E-state index in [2.05, 4.69) is 29.6 Å². The Morgan fingerprint density at radius 2 is 2.12 bits per heavy atom. The summed E-state index contributed by atoms with van der Waals surface area (Å²) in [5, 5.41) is 3.70. The Morgan fingerprint density at radius 3 is 2.84 bits per heavy atom. The van der Waals surface area contributed by atoms with Gasteiger partial charge in [-0.05, 0) is 79.3 Å². The number of hydrogen-bond acceptors (Lipinski definition) is 2. The third-order valence-electron chi connectivity index (χ3n) is 6.27. The number of allylic oxidation sites excluding steroid dienone is 7. The Bertz CT molecular complexity index is 802. The Balaban J connectivity index is 1.51. The van der Waals surface area contributed by atoms with Gasteiger partial charge in [0, 0.05) is 22.2 Å². The molecule has 25 heavy (non-hydrogen) atoms. The van der Waals surface area contributed by atoms with Crippen molar-refractivity contribution in [1.82, 2.24) is 5.32 Å². The first-order valence-corrected chi connectivity index (χ1v) is 10.4. The van der Waals surface area contributed by atoms with Gasteiger partial charge >= 0.3 is 0 Å². The van der Waals surface area contributed by atoms with Crippen molar-refractivity contribution in [3.8, 4) is 0 Å². The molecule has 3 atom stereocenters. The summed E-state index contributed by atoms with van der Waals surface area (Å²) in [7, 11) is 0. The highest BCUT2D eigenvalue weighted by Gasteiger charge is 2.38. The number of thiophene rings is 1. The number of halogens is 1. The second-order valence-electron chi connectivity index (χ2n) is 7.78. The molecule has 1 nitrogen and oxygen atoms in total. The molecule has 6 rings (SSSR count). The summed E-state index contributed by atoms with van der Waals surface area (Å²) in [6.07, 6.45) is 17.1. The van der Waals surface area contributed by atoms with E-state index in [4.69, 9.17) is 0 Å². The van der Waals surface area contributed by atoms with Crippen LogP contribution in [0.1, 0.15) is 53.8 Å². The molecule has 3 fully saturated rings. The van der Waals surface area contributed by atoms with Gasteiger partial charge in [-0.2, -0.15) is 0 Å². The lowest BCUT2D eigenvalue weighted by atomic mass is 9.69. The number of piperidine rings is 2. The predicted octanol–water partition coefficient (Wildman–Crippen LogP) is 5.97. The Hall–Kier alpha value is -1.45. The maximum atomic E-state index is 13.3. The number of nitrogens with one attached hydrogen (secondary N) is 1. The highest BCUT2D eigenvalue weighted by atomic mass is 32.1. The van der Waals surface area contributed by atoms with Crippen molar-refractivity contribution in [3.63, 3.8) is 0 Å². The van der Waals surface area contributed by atoms with Crippen molar-refractivity contribution >= 4 is 28.6 Å². The second-order valence-corrected chi connectivity index (χ2v) is 8.84. The average Bonchev–Trinajstić information content (AvgIpc) is 2.97. The average molecular weight is 354 g/mol. The van der Waals surface area contributed by atoms with Crippen LogP contribution in [0, 0.1) is 11.8 Å². The van der Waals surface area contributed by atoms with Gasteiger partial charge in [-0.3, -0.25) is 0 Å². The smallest absolute Gasteiger partial charge is 0.100 e. The summed E-state index contributed by atoms with van der Waals surface area (Å²) in [5.74, 6) is 1.51. The summed E-state index contributed by atoms with van der Waals surface area (Å²) in [5.41, 5.74) is 4.25. The van der Waals surface area contributed by atoms with E-state index in [1.807, 2.05) is 17.4 Å². The second kappa shape index (κ2) is 6.37. The van der Waals surface area contributed by atoms with E-state index in [0.717, 1.165) is 18.8 Å². The van der Waals surface area contributed by atoms with E-state index >= 15 is 0 Å². The minimum atomic E-state index is 0.00748. The Kier molecular flexibility index (Phi) is 4.02. The van der Waals surface area contributed by atoms with Gasteiger partial charge in [-0.25, -0.2) is 4.39 Å². The van der Waals surface area contributed by atoms with Gasteiger partial charge in [-0.1, -0.05) is 24.3 Å². The highest BCUT2D eigenvalue weighted by Crippen LogP contribution is 2.47. The summed E-state index contributed by atoms with van der Waals surface area (Å²) in [6.45, 7) is 1.18. The van der Waals surface area contributed by atoms with Crippen molar-refractivity contribution in [1.29, 1.82) is 0 Å². The summed E-state index contributed by atoms with van der Waals surface area (Å²) in [4.78, 5) is 2.79. The van der Waals surface area contributed by atoms with E-state index in [1.165, 1.54) is 46.7 Å². The molecule has 0 radical (unpaired) electrons. The Labute approximate surface area is 153 Å². The minimum Gasteiger partial charge on any atom is -0.314 e. The summed E-state index contributed by atoms with van der Waals surface area (Å²) >= 11 is 1.93. The highest BCUT2D eigenvalue weighted by molar-refractivity contribution is 7.14. The van der Waals surface area contributed by atoms with Crippen LogP contribution < -0.4 is 5.32 Å². The molecule has 1 aromatic heterocycles. The zero-order chi connectivity index (χ0) is 16.8. The van der Waals surface area contributed by atoms with Crippen molar-refractivity contribution in [2.24, 2.45) is 11.8 Å². The monoisotopic (exact) mass is 353 g/mol. The minimum absolute atomic E-state index is 0.00748. The van der Waals surface area contributed by atoms with Gasteiger partial charge in [0.05, 0.1) is 0 Å². The molecule has 3 heteroatoms. The molecule has 0 aromatic carbocycles. The van der Waals surface area contributed by atoms with Crippen LogP contribution >= 0.6 is 11.3 Å². The lowest BCUT2D eigenvalue weighted by molar-refractivity contribution is 0.169. The Morgan fingerprint density at radius 1 is 1.16 bits per heavy atom. The van der Waals surface area contributed by atoms with E-state index in [9.17, 15) is 4.39 Å². The molecule has 0 amide bonds. The van der Waals surface area contributed by atoms with Gasteiger partial charge in [-0.15, -0.1) is 11.3 Å². The van der Waals surface area contributed by atoms with Crippen molar-refractivity contribution in [2.75, 3.05) is 6.54 Å². The van der Waals surface area contributed by atoms with Crippen LogP contribution in [0.2, 0.25) is 0 Å². The van der Waals surface area contributed by atoms with E-state index in [0.29, 0.717) is 18.4 Å². The fourth-order valence-corrected chi connectivity index (χ4v) is 6.20. The largest absolute Gasteiger partial charge is 0.314 e. The SMILES string of the molecule is FC1=CC=C(c2cc3c(s2)C(C2CC4CCC2CN4)=CCC=C3)CC1. The first-order valence-electron chi connectivity index (χ1n) is 9.58. The van der Waals surface area contributed by atoms with Crippen LogP contribution in [0.15, 0.2) is 36.2 Å². The van der Waals surface area contributed by atoms with Crippen LogP contribution in [-0.2, 0) is 0 Å². The molecule has 130 valence electrons. The fourth-order valence-electron chi connectivity index (χ4n) is 4.89. The van der Waals surface area contributed by atoms with Crippen LogP contribution in [0.3, 0.4) is 0 Å². The maximum absolute atomic E-state index is 13.3. The molecule has 3 unspecified atom stereocenters. The number of fused-ring (bicyclic) bond motifs is 4. The van der Waals surface area contributed by atoms with Crippen molar-refractivity contribution in [3.05, 3.63) is 51.5 Å². The molecule has 3 aliphatic carbocycles. The van der Waals surface area contributed by atoms with Crippen LogP contribution in [0.4, 0.5) is 4.39 Å². The van der Waals surface area contributed by atoms with Crippen LogP contribution in [0.25, 0.3) is 17.2 Å². The normalized spacial score (nSPS) is 31.1. The van der Waals surface area contributed by atoms with Gasteiger partial charge in [0.25, 0.3) is 0 Å². The third-order valence-corrected chi connectivity index (χ3v) is 7.55. The van der Waals surface area contributed by atoms with Gasteiger partial charge in [0.2, 0.25) is 0 Å². The standard InChI is InChI=1S/C22H24FNS/c23-17-8-5-14(6-9-17)21-11-15-3-1-2-4-19(22(15)25-21)20-12-18-10-7-16(20)13-24-18/h1,3-5,8,11,16,18,20,24H,2,6-7,9-10,12-13H2. The first-order chi connectivity index (χ1) is 12.3. The number of rotatable bonds is 2. The third kappa shape index (κ3) is 2.88. The molecule has 2 aliphatic heterocycles. The zero-order valence-electron chi connectivity index (χ0n) is 14.4. The summed E-state index contributed by atoms with van der Waals surface area (Å²) in [6, 6.07) is 3.04. The molecule has 2 bridgehead atoms. The van der Waals surface area contributed by atoms with Crippen LogP contribution in [-0.4, -0.2) is 12.6 Å². The molecular weight excluding hydrogens is 329 g/mol. The predicted molar refractivity (Wildman–Crippen MR) is 105 cm³/mol. The van der Waals surface area contributed by atoms with Crippen LogP contribution in [0.5, 0.6) is 0 Å². The lowest BCUT2D eigenvalue weighted by Crippen LogP contribution is -2.49. The molecule has 0 spiro atoms. The lowest BCUT2D eigenvalue weighted by Gasteiger charge is -2.44. The van der Waals surface area contributed by atoms with Gasteiger partial charge in [0.15, 0.2) is 0 Å². The molecular formula is C22H24FNS. The van der Waals surface area contributed by atoms with Crippen molar-refractivity contribution in [2.45, 2.75) is 44.6 Å². The first kappa shape index (κ1) is 15.8. The van der Waals surface area contributed by atoms with E-state index in [1.54, 1.807) is 11.6 Å². The molecule has 5 aliphatic rings. The molecule has 2 saturated heterocycles. The topological polar surface area (TPSA) is 12.0 Å². The van der Waals surface area contributed by atoms with Gasteiger partial charge < -0.3 is 5.32 Å². The van der Waals surface area contributed by atoms with Crippen molar-refractivity contribution < 1.29 is 4.39 Å². The van der Waals surface area contributed by atoms with Gasteiger partial charge in [0.1, 0.15) is 5.83 Å². The molecule has 1 saturated carbocycles. The van der Waals surface area contributed by atoms with E-state index < -0.39 is 0 Å². The number of hydrogen-bond donors (Lipinski definition) is 1. The molecule has 1 aromatic rings. The fraction of sp³-hybridized carbons (Fsp3) is 0.455. The van der Waals surface area contributed by atoms with E-state index in [-0.39, 0.29) is 5.83 Å². The quantitative estimate of drug-likeness (QED) is 0.691. The summed E-state index contributed by atoms with van der Waals surface area (Å²) < 4.78 is 13.3. The molecule has 3 heterocycles. The zero-order valence-corrected chi connectivity index (χ0v) is 15.2.